The number of aromatic nitrogens is 3. The van der Waals surface area contributed by atoms with E-state index in [0.29, 0.717) is 5.95 Å². The Morgan fingerprint density at radius 3 is 2.46 bits per heavy atom. The quantitative estimate of drug-likeness (QED) is 0.745. The molecule has 3 rings (SSSR count). The highest BCUT2D eigenvalue weighted by molar-refractivity contribution is 5.54. The predicted octanol–water partition coefficient (Wildman–Crippen LogP) is 3.95. The summed E-state index contributed by atoms with van der Waals surface area (Å²) in [6.07, 6.45) is 1.70. The van der Waals surface area contributed by atoms with Crippen LogP contribution in [-0.2, 0) is 6.54 Å². The largest absolute Gasteiger partial charge is 0.351 e. The molecule has 0 aliphatic rings. The van der Waals surface area contributed by atoms with Gasteiger partial charge in [0.15, 0.2) is 5.82 Å². The first-order valence-corrected chi connectivity index (χ1v) is 8.07. The zero-order valence-corrected chi connectivity index (χ0v) is 14.0. The molecular weight excluding hydrogens is 298 g/mol. The molecular formula is C19H21N5. The Bertz CT molecular complexity index is 771. The van der Waals surface area contributed by atoms with E-state index in [9.17, 15) is 0 Å². The van der Waals surface area contributed by atoms with Gasteiger partial charge in [0, 0.05) is 18.8 Å². The van der Waals surface area contributed by atoms with Gasteiger partial charge in [-0.3, -0.25) is 0 Å². The van der Waals surface area contributed by atoms with Crippen LogP contribution in [-0.4, -0.2) is 21.7 Å². The number of nitrogens with one attached hydrogen (secondary N) is 1. The lowest BCUT2D eigenvalue weighted by molar-refractivity contribution is 0.798. The molecule has 0 saturated heterocycles. The van der Waals surface area contributed by atoms with E-state index in [0.717, 1.165) is 24.6 Å². The number of benzene rings is 2. The molecule has 0 saturated carbocycles. The van der Waals surface area contributed by atoms with Crippen LogP contribution < -0.4 is 10.2 Å². The van der Waals surface area contributed by atoms with Crippen molar-refractivity contribution in [3.05, 3.63) is 71.9 Å². The lowest BCUT2D eigenvalue weighted by atomic mass is 10.2. The Labute approximate surface area is 142 Å². The van der Waals surface area contributed by atoms with Crippen molar-refractivity contribution >= 4 is 17.5 Å². The summed E-state index contributed by atoms with van der Waals surface area (Å²) < 4.78 is 0. The summed E-state index contributed by atoms with van der Waals surface area (Å²) in [5.74, 6) is 1.31. The predicted molar refractivity (Wildman–Crippen MR) is 97.5 cm³/mol. The van der Waals surface area contributed by atoms with Gasteiger partial charge in [-0.15, -0.1) is 5.10 Å². The normalized spacial score (nSPS) is 10.4. The van der Waals surface area contributed by atoms with Gasteiger partial charge < -0.3 is 10.2 Å². The van der Waals surface area contributed by atoms with Crippen molar-refractivity contribution in [2.24, 2.45) is 0 Å². The molecule has 0 radical (unpaired) electrons. The number of aryl methyl sites for hydroxylation is 1. The molecule has 0 atom stereocenters. The molecule has 1 aromatic heterocycles. The zero-order chi connectivity index (χ0) is 16.8. The average molecular weight is 319 g/mol. The molecule has 0 aliphatic heterocycles. The molecule has 1 N–H and O–H groups in total. The third-order valence-electron chi connectivity index (χ3n) is 3.78. The van der Waals surface area contributed by atoms with Gasteiger partial charge >= 0.3 is 0 Å². The smallest absolute Gasteiger partial charge is 0.249 e. The topological polar surface area (TPSA) is 53.9 Å². The minimum Gasteiger partial charge on any atom is -0.351 e. The summed E-state index contributed by atoms with van der Waals surface area (Å²) in [6.45, 7) is 5.81. The minimum atomic E-state index is 0.503. The zero-order valence-electron chi connectivity index (χ0n) is 14.0. The highest BCUT2D eigenvalue weighted by Crippen LogP contribution is 2.17. The minimum absolute atomic E-state index is 0.503. The summed E-state index contributed by atoms with van der Waals surface area (Å²) in [6, 6.07) is 18.5. The van der Waals surface area contributed by atoms with Crippen LogP contribution in [0.2, 0.25) is 0 Å². The van der Waals surface area contributed by atoms with Crippen LogP contribution in [0.3, 0.4) is 0 Å². The maximum atomic E-state index is 4.60. The molecule has 1 heterocycles. The van der Waals surface area contributed by atoms with Gasteiger partial charge in [-0.2, -0.15) is 10.1 Å². The van der Waals surface area contributed by atoms with Crippen molar-refractivity contribution in [3.8, 4) is 0 Å². The van der Waals surface area contributed by atoms with Crippen LogP contribution in [0.15, 0.2) is 60.8 Å². The Morgan fingerprint density at radius 2 is 1.75 bits per heavy atom. The number of anilines is 3. The number of nitrogens with zero attached hydrogens (tertiary/aromatic N) is 4. The van der Waals surface area contributed by atoms with Crippen LogP contribution in [0.4, 0.5) is 17.5 Å². The van der Waals surface area contributed by atoms with Gasteiger partial charge in [-0.25, -0.2) is 0 Å². The van der Waals surface area contributed by atoms with E-state index in [1.807, 2.05) is 42.5 Å². The van der Waals surface area contributed by atoms with Crippen LogP contribution >= 0.6 is 0 Å². The fourth-order valence-corrected chi connectivity index (χ4v) is 2.42. The number of hydrogen-bond donors (Lipinski definition) is 1. The van der Waals surface area contributed by atoms with E-state index >= 15 is 0 Å². The Kier molecular flexibility index (Phi) is 5.01. The first-order chi connectivity index (χ1) is 11.7. The molecule has 0 unspecified atom stereocenters. The molecule has 5 heteroatoms. The van der Waals surface area contributed by atoms with E-state index in [-0.39, 0.29) is 0 Å². The standard InChI is InChI=1S/C19H21N5/c1-3-24(14-16-7-5-4-6-8-16)18-13-20-23-19(22-18)21-17-11-9-15(2)10-12-17/h4-13H,3,14H2,1-2H3,(H,21,22,23). The average Bonchev–Trinajstić information content (AvgIpc) is 2.63. The summed E-state index contributed by atoms with van der Waals surface area (Å²) in [5, 5.41) is 11.4. The van der Waals surface area contributed by atoms with Crippen LogP contribution in [0.5, 0.6) is 0 Å². The maximum absolute atomic E-state index is 4.60. The van der Waals surface area contributed by atoms with E-state index < -0.39 is 0 Å². The summed E-state index contributed by atoms with van der Waals surface area (Å²) >= 11 is 0. The Morgan fingerprint density at radius 1 is 1.00 bits per heavy atom. The summed E-state index contributed by atoms with van der Waals surface area (Å²) in [5.41, 5.74) is 3.41. The lowest BCUT2D eigenvalue weighted by Crippen LogP contribution is -2.23. The Balaban J connectivity index is 1.76. The van der Waals surface area contributed by atoms with E-state index in [4.69, 9.17) is 0 Å². The van der Waals surface area contributed by atoms with Crippen LogP contribution in [0.25, 0.3) is 0 Å². The molecule has 0 bridgehead atoms. The molecule has 122 valence electrons. The number of hydrogen-bond acceptors (Lipinski definition) is 5. The lowest BCUT2D eigenvalue weighted by Gasteiger charge is -2.21. The molecule has 5 nitrogen and oxygen atoms in total. The number of rotatable bonds is 6. The van der Waals surface area contributed by atoms with Gasteiger partial charge in [0.05, 0.1) is 6.20 Å². The third-order valence-corrected chi connectivity index (χ3v) is 3.78. The first kappa shape index (κ1) is 15.9. The molecule has 3 aromatic rings. The second-order valence-corrected chi connectivity index (χ2v) is 5.63. The van der Waals surface area contributed by atoms with Gasteiger partial charge in [-0.05, 0) is 31.5 Å². The molecule has 0 aliphatic carbocycles. The van der Waals surface area contributed by atoms with Crippen molar-refractivity contribution in [2.75, 3.05) is 16.8 Å². The second kappa shape index (κ2) is 7.55. The monoisotopic (exact) mass is 319 g/mol. The molecule has 2 aromatic carbocycles. The van der Waals surface area contributed by atoms with Gasteiger partial charge in [0.1, 0.15) is 0 Å². The van der Waals surface area contributed by atoms with Crippen molar-refractivity contribution < 1.29 is 0 Å². The molecule has 0 spiro atoms. The molecule has 0 fully saturated rings. The van der Waals surface area contributed by atoms with E-state index in [1.54, 1.807) is 6.20 Å². The fraction of sp³-hybridized carbons (Fsp3) is 0.211. The second-order valence-electron chi connectivity index (χ2n) is 5.63. The van der Waals surface area contributed by atoms with Crippen molar-refractivity contribution in [2.45, 2.75) is 20.4 Å². The van der Waals surface area contributed by atoms with E-state index in [2.05, 4.69) is 51.4 Å². The van der Waals surface area contributed by atoms with Crippen LogP contribution in [0.1, 0.15) is 18.1 Å². The van der Waals surface area contributed by atoms with Crippen molar-refractivity contribution in [3.63, 3.8) is 0 Å². The highest BCUT2D eigenvalue weighted by Gasteiger charge is 2.09. The van der Waals surface area contributed by atoms with E-state index in [1.165, 1.54) is 11.1 Å². The third kappa shape index (κ3) is 4.07. The maximum Gasteiger partial charge on any atom is 0.249 e. The first-order valence-electron chi connectivity index (χ1n) is 8.07. The van der Waals surface area contributed by atoms with Gasteiger partial charge in [-0.1, -0.05) is 48.0 Å². The van der Waals surface area contributed by atoms with Gasteiger partial charge in [0.25, 0.3) is 0 Å². The molecule has 24 heavy (non-hydrogen) atoms. The molecule has 0 amide bonds. The summed E-state index contributed by atoms with van der Waals surface area (Å²) in [4.78, 5) is 6.77. The van der Waals surface area contributed by atoms with Crippen molar-refractivity contribution in [1.29, 1.82) is 0 Å². The summed E-state index contributed by atoms with van der Waals surface area (Å²) in [7, 11) is 0. The van der Waals surface area contributed by atoms with Gasteiger partial charge in [0.2, 0.25) is 5.95 Å². The van der Waals surface area contributed by atoms with Crippen molar-refractivity contribution in [1.82, 2.24) is 15.2 Å². The fourth-order valence-electron chi connectivity index (χ4n) is 2.42. The SMILES string of the molecule is CCN(Cc1ccccc1)c1cnnc(Nc2ccc(C)cc2)n1. The highest BCUT2D eigenvalue weighted by atomic mass is 15.3. The van der Waals surface area contributed by atoms with Crippen LogP contribution in [0, 0.1) is 6.92 Å². The Hall–Kier alpha value is -2.95.